The van der Waals surface area contributed by atoms with E-state index in [1.165, 1.54) is 11.6 Å². The summed E-state index contributed by atoms with van der Waals surface area (Å²) in [4.78, 5) is 41.9. The molecule has 0 aliphatic carbocycles. The van der Waals surface area contributed by atoms with Crippen LogP contribution in [0.1, 0.15) is 0 Å². The van der Waals surface area contributed by atoms with Gasteiger partial charge in [0, 0.05) is 12.4 Å². The number of aliphatic hydroxyl groups excluding tert-OH is 1. The molecule has 0 saturated carbocycles. The van der Waals surface area contributed by atoms with Crippen LogP contribution in [0.25, 0.3) is 21.9 Å². The third-order valence-electron chi connectivity index (χ3n) is 4.87. The highest BCUT2D eigenvalue weighted by atomic mass is 32.2. The lowest BCUT2D eigenvalue weighted by Gasteiger charge is -2.16. The SMILES string of the molecule is Cn1c(=O)[nH]c(=O)c2c1nc(SCC(=O)O)n2C[C@@H](O)COc1cccc2ccccc12. The number of nitrogens with zero attached hydrogens (tertiary/aromatic N) is 3. The highest BCUT2D eigenvalue weighted by molar-refractivity contribution is 7.99. The number of carboxylic acids is 1. The maximum absolute atomic E-state index is 12.5. The van der Waals surface area contributed by atoms with Crippen LogP contribution in [0.15, 0.2) is 57.2 Å². The monoisotopic (exact) mass is 456 g/mol. The second kappa shape index (κ2) is 8.89. The number of ether oxygens (including phenoxy) is 1. The minimum Gasteiger partial charge on any atom is -0.490 e. The van der Waals surface area contributed by atoms with Crippen LogP contribution in [0, 0.1) is 0 Å². The lowest BCUT2D eigenvalue weighted by atomic mass is 10.1. The van der Waals surface area contributed by atoms with Gasteiger partial charge >= 0.3 is 11.7 Å². The molecule has 0 fully saturated rings. The molecule has 0 spiro atoms. The standard InChI is InChI=1S/C21H20N4O6S/c1-24-18-17(19(29)23-20(24)30)25(21(22-18)32-11-16(27)28)9-13(26)10-31-15-8-4-6-12-5-2-3-7-14(12)15/h2-8,13,26H,9-11H2,1H3,(H,27,28)(H,23,29,30)/t13-/m1/s1. The third-order valence-corrected chi connectivity index (χ3v) is 5.83. The minimum absolute atomic E-state index is 0.0691. The molecule has 10 nitrogen and oxygen atoms in total. The number of fused-ring (bicyclic) bond motifs is 2. The van der Waals surface area contributed by atoms with Crippen molar-refractivity contribution in [3.8, 4) is 5.75 Å². The summed E-state index contributed by atoms with van der Waals surface area (Å²) < 4.78 is 8.41. The highest BCUT2D eigenvalue weighted by Crippen LogP contribution is 2.26. The first-order valence-corrected chi connectivity index (χ1v) is 10.7. The van der Waals surface area contributed by atoms with E-state index in [-0.39, 0.29) is 35.2 Å². The van der Waals surface area contributed by atoms with E-state index in [1.807, 2.05) is 36.4 Å². The first-order valence-electron chi connectivity index (χ1n) is 9.68. The van der Waals surface area contributed by atoms with Crippen molar-refractivity contribution >= 4 is 39.7 Å². The van der Waals surface area contributed by atoms with E-state index in [2.05, 4.69) is 9.97 Å². The Labute approximate surface area is 185 Å². The second-order valence-electron chi connectivity index (χ2n) is 7.12. The van der Waals surface area contributed by atoms with E-state index in [0.29, 0.717) is 5.75 Å². The third kappa shape index (κ3) is 4.25. The summed E-state index contributed by atoms with van der Waals surface area (Å²) >= 11 is 0.895. The van der Waals surface area contributed by atoms with E-state index in [1.54, 1.807) is 6.07 Å². The molecule has 166 valence electrons. The Morgan fingerprint density at radius 3 is 2.75 bits per heavy atom. The van der Waals surface area contributed by atoms with Gasteiger partial charge in [-0.05, 0) is 11.5 Å². The molecule has 11 heteroatoms. The Bertz CT molecular complexity index is 1420. The van der Waals surface area contributed by atoms with Crippen molar-refractivity contribution in [1.82, 2.24) is 19.1 Å². The van der Waals surface area contributed by atoms with Gasteiger partial charge in [-0.25, -0.2) is 9.78 Å². The predicted octanol–water partition coefficient (Wildman–Crippen LogP) is 1.19. The Hall–Kier alpha value is -3.57. The van der Waals surface area contributed by atoms with Crippen molar-refractivity contribution in [2.75, 3.05) is 12.4 Å². The molecule has 2 heterocycles. The molecule has 1 atom stereocenters. The molecule has 0 aliphatic heterocycles. The van der Waals surface area contributed by atoms with Gasteiger partial charge in [-0.1, -0.05) is 48.2 Å². The fraction of sp³-hybridized carbons (Fsp3) is 0.238. The first-order chi connectivity index (χ1) is 15.3. The average molecular weight is 456 g/mol. The Morgan fingerprint density at radius 2 is 1.97 bits per heavy atom. The number of aromatic nitrogens is 4. The van der Waals surface area contributed by atoms with Crippen molar-refractivity contribution in [2.45, 2.75) is 17.8 Å². The van der Waals surface area contributed by atoms with Gasteiger partial charge in [0.2, 0.25) is 0 Å². The number of thioether (sulfide) groups is 1. The van der Waals surface area contributed by atoms with Crippen LogP contribution in [0.4, 0.5) is 0 Å². The van der Waals surface area contributed by atoms with Crippen LogP contribution in [0.5, 0.6) is 5.75 Å². The lowest BCUT2D eigenvalue weighted by Crippen LogP contribution is -2.30. The molecule has 0 unspecified atom stereocenters. The van der Waals surface area contributed by atoms with Gasteiger partial charge in [0.1, 0.15) is 18.5 Å². The summed E-state index contributed by atoms with van der Waals surface area (Å²) in [6.07, 6.45) is -1.04. The molecule has 2 aromatic carbocycles. The number of aryl methyl sites for hydroxylation is 1. The quantitative estimate of drug-likeness (QED) is 0.336. The van der Waals surface area contributed by atoms with Gasteiger partial charge < -0.3 is 19.5 Å². The number of rotatable bonds is 8. The van der Waals surface area contributed by atoms with Gasteiger partial charge in [-0.15, -0.1) is 0 Å². The maximum atomic E-state index is 12.5. The molecular weight excluding hydrogens is 436 g/mol. The number of aromatic amines is 1. The van der Waals surface area contributed by atoms with Crippen LogP contribution in [0.3, 0.4) is 0 Å². The van der Waals surface area contributed by atoms with Crippen molar-refractivity contribution in [2.24, 2.45) is 7.05 Å². The maximum Gasteiger partial charge on any atom is 0.329 e. The number of H-pyrrole nitrogens is 1. The van der Waals surface area contributed by atoms with Gasteiger partial charge in [0.15, 0.2) is 16.3 Å². The van der Waals surface area contributed by atoms with Gasteiger partial charge in [-0.3, -0.25) is 19.1 Å². The number of aliphatic hydroxyl groups is 1. The summed E-state index contributed by atoms with van der Waals surface area (Å²) in [7, 11) is 1.45. The fourth-order valence-electron chi connectivity index (χ4n) is 3.39. The molecule has 0 amide bonds. The zero-order valence-electron chi connectivity index (χ0n) is 17.0. The number of hydrogen-bond acceptors (Lipinski definition) is 7. The van der Waals surface area contributed by atoms with E-state index in [4.69, 9.17) is 9.84 Å². The van der Waals surface area contributed by atoms with Gasteiger partial charge in [0.25, 0.3) is 5.56 Å². The van der Waals surface area contributed by atoms with E-state index in [9.17, 15) is 19.5 Å². The molecule has 0 radical (unpaired) electrons. The molecule has 4 rings (SSSR count). The Balaban J connectivity index is 1.62. The second-order valence-corrected chi connectivity index (χ2v) is 8.06. The number of nitrogens with one attached hydrogen (secondary N) is 1. The van der Waals surface area contributed by atoms with E-state index >= 15 is 0 Å². The summed E-state index contributed by atoms with van der Waals surface area (Å²) in [5, 5.41) is 21.8. The summed E-state index contributed by atoms with van der Waals surface area (Å²) in [6.45, 7) is -0.148. The highest BCUT2D eigenvalue weighted by Gasteiger charge is 2.21. The summed E-state index contributed by atoms with van der Waals surface area (Å²) in [5.74, 6) is -0.743. The first kappa shape index (κ1) is 21.7. The Kier molecular flexibility index (Phi) is 6.01. The number of hydrogen-bond donors (Lipinski definition) is 3. The summed E-state index contributed by atoms with van der Waals surface area (Å²) in [5.41, 5.74) is -1.13. The van der Waals surface area contributed by atoms with Crippen molar-refractivity contribution in [1.29, 1.82) is 0 Å². The fourth-order valence-corrected chi connectivity index (χ4v) is 4.12. The van der Waals surface area contributed by atoms with E-state index < -0.39 is 23.3 Å². The number of carbonyl (C=O) groups is 1. The van der Waals surface area contributed by atoms with Crippen molar-refractivity contribution < 1.29 is 19.7 Å². The number of carboxylic acid groups (broad SMARTS) is 1. The molecular formula is C21H20N4O6S. The Morgan fingerprint density at radius 1 is 1.22 bits per heavy atom. The zero-order valence-corrected chi connectivity index (χ0v) is 17.8. The van der Waals surface area contributed by atoms with Crippen LogP contribution < -0.4 is 16.0 Å². The largest absolute Gasteiger partial charge is 0.490 e. The zero-order chi connectivity index (χ0) is 22.8. The smallest absolute Gasteiger partial charge is 0.329 e. The molecule has 0 saturated heterocycles. The molecule has 3 N–H and O–H groups in total. The van der Waals surface area contributed by atoms with E-state index in [0.717, 1.165) is 27.1 Å². The van der Waals surface area contributed by atoms with Crippen LogP contribution in [-0.2, 0) is 18.4 Å². The normalized spacial score (nSPS) is 12.3. The minimum atomic E-state index is -1.06. The molecule has 4 aromatic rings. The predicted molar refractivity (Wildman–Crippen MR) is 119 cm³/mol. The van der Waals surface area contributed by atoms with Crippen LogP contribution in [-0.4, -0.2) is 53.7 Å². The lowest BCUT2D eigenvalue weighted by molar-refractivity contribution is -0.133. The van der Waals surface area contributed by atoms with Crippen molar-refractivity contribution in [3.05, 3.63) is 63.3 Å². The molecule has 32 heavy (non-hydrogen) atoms. The molecule has 0 aliphatic rings. The van der Waals surface area contributed by atoms with Gasteiger partial charge in [-0.2, -0.15) is 0 Å². The topological polar surface area (TPSA) is 139 Å². The van der Waals surface area contributed by atoms with Crippen LogP contribution >= 0.6 is 11.8 Å². The number of aliphatic carboxylic acids is 1. The van der Waals surface area contributed by atoms with Crippen LogP contribution in [0.2, 0.25) is 0 Å². The molecule has 2 aromatic heterocycles. The van der Waals surface area contributed by atoms with Gasteiger partial charge in [0.05, 0.1) is 12.3 Å². The average Bonchev–Trinajstić information content (AvgIpc) is 3.13. The summed E-state index contributed by atoms with van der Waals surface area (Å²) in [6, 6.07) is 13.3. The van der Waals surface area contributed by atoms with Crippen molar-refractivity contribution in [3.63, 3.8) is 0 Å². The molecule has 0 bridgehead atoms. The number of benzene rings is 2. The number of imidazole rings is 1.